The van der Waals surface area contributed by atoms with Gasteiger partial charge in [0.2, 0.25) is 9.84 Å². The Labute approximate surface area is 207 Å². The Morgan fingerprint density at radius 3 is 2.09 bits per heavy atom. The molecule has 1 aromatic heterocycles. The number of carboxylic acids is 1. The molecule has 0 fully saturated rings. The number of thiophene rings is 1. The molecule has 4 aromatic rings. The van der Waals surface area contributed by atoms with Gasteiger partial charge in [0.15, 0.2) is 0 Å². The molecule has 7 nitrogen and oxygen atoms in total. The zero-order valence-electron chi connectivity index (χ0n) is 18.3. The number of carbonyl (C=O) groups is 1. The van der Waals surface area contributed by atoms with Crippen molar-refractivity contribution in [3.05, 3.63) is 107 Å². The van der Waals surface area contributed by atoms with Gasteiger partial charge in [-0.05, 0) is 54.3 Å². The van der Waals surface area contributed by atoms with Crippen LogP contribution in [-0.2, 0) is 32.7 Å². The van der Waals surface area contributed by atoms with Crippen LogP contribution in [0.1, 0.15) is 21.5 Å². The predicted molar refractivity (Wildman–Crippen MR) is 134 cm³/mol. The molecule has 0 aliphatic carbocycles. The first-order chi connectivity index (χ1) is 16.7. The van der Waals surface area contributed by atoms with E-state index in [1.165, 1.54) is 23.6 Å². The maximum atomic E-state index is 13.1. The highest BCUT2D eigenvalue weighted by molar-refractivity contribution is 7.95. The average molecular weight is 528 g/mol. The minimum absolute atomic E-state index is 0.0849. The summed E-state index contributed by atoms with van der Waals surface area (Å²) in [5.41, 5.74) is 1.88. The molecule has 2 N–H and O–H groups in total. The number of benzene rings is 3. The lowest BCUT2D eigenvalue weighted by molar-refractivity contribution is 0.0695. The van der Waals surface area contributed by atoms with E-state index < -0.39 is 25.8 Å². The summed E-state index contributed by atoms with van der Waals surface area (Å²) in [7, 11) is -7.89. The fourth-order valence-corrected chi connectivity index (χ4v) is 7.57. The van der Waals surface area contributed by atoms with Crippen LogP contribution in [0.15, 0.2) is 104 Å². The van der Waals surface area contributed by atoms with E-state index in [4.69, 9.17) is 0 Å². The van der Waals surface area contributed by atoms with Crippen LogP contribution >= 0.6 is 11.3 Å². The smallest absolute Gasteiger partial charge is 0.335 e. The Kier molecular flexibility index (Phi) is 7.06. The van der Waals surface area contributed by atoms with Gasteiger partial charge >= 0.3 is 5.97 Å². The van der Waals surface area contributed by atoms with Crippen molar-refractivity contribution in [2.24, 2.45) is 0 Å². The van der Waals surface area contributed by atoms with Crippen molar-refractivity contribution in [2.45, 2.75) is 26.8 Å². The summed E-state index contributed by atoms with van der Waals surface area (Å²) >= 11 is 0.824. The SMILES string of the molecule is O=C(O)c1ccccc1CCc1ccccc1NS(=O)(=O)c1cc(S(=O)(=O)c2ccccc2)cs1. The molecule has 0 spiro atoms. The molecule has 180 valence electrons. The van der Waals surface area contributed by atoms with E-state index in [-0.39, 0.29) is 19.6 Å². The van der Waals surface area contributed by atoms with Gasteiger partial charge in [0.1, 0.15) is 4.21 Å². The van der Waals surface area contributed by atoms with Crippen molar-refractivity contribution < 1.29 is 26.7 Å². The van der Waals surface area contributed by atoms with Crippen LogP contribution in [0.4, 0.5) is 5.69 Å². The number of aryl methyl sites for hydroxylation is 2. The number of anilines is 1. The van der Waals surface area contributed by atoms with Gasteiger partial charge in [0.05, 0.1) is 21.0 Å². The summed E-state index contributed by atoms with van der Waals surface area (Å²) in [6.45, 7) is 0. The van der Waals surface area contributed by atoms with Crippen LogP contribution in [0.5, 0.6) is 0 Å². The lowest BCUT2D eigenvalue weighted by Crippen LogP contribution is -2.13. The molecule has 0 aliphatic heterocycles. The summed E-state index contributed by atoms with van der Waals surface area (Å²) in [5.74, 6) is -1.02. The fraction of sp³-hybridized carbons (Fsp3) is 0.0800. The van der Waals surface area contributed by atoms with Gasteiger partial charge in [-0.2, -0.15) is 0 Å². The second-order valence-electron chi connectivity index (χ2n) is 7.64. The van der Waals surface area contributed by atoms with E-state index >= 15 is 0 Å². The van der Waals surface area contributed by atoms with Gasteiger partial charge in [-0.3, -0.25) is 4.72 Å². The minimum Gasteiger partial charge on any atom is -0.478 e. The van der Waals surface area contributed by atoms with E-state index in [0.717, 1.165) is 17.4 Å². The first-order valence-electron chi connectivity index (χ1n) is 10.5. The van der Waals surface area contributed by atoms with Crippen LogP contribution in [0.3, 0.4) is 0 Å². The second kappa shape index (κ2) is 10.0. The van der Waals surface area contributed by atoms with Crippen LogP contribution in [0, 0.1) is 0 Å². The van der Waals surface area contributed by atoms with E-state index in [2.05, 4.69) is 4.72 Å². The van der Waals surface area contributed by atoms with Crippen molar-refractivity contribution in [2.75, 3.05) is 4.72 Å². The van der Waals surface area contributed by atoms with Gasteiger partial charge in [-0.1, -0.05) is 54.6 Å². The largest absolute Gasteiger partial charge is 0.478 e. The van der Waals surface area contributed by atoms with E-state index in [1.54, 1.807) is 60.7 Å². The zero-order chi connectivity index (χ0) is 25.1. The molecule has 0 radical (unpaired) electrons. The molecule has 10 heteroatoms. The molecule has 0 atom stereocenters. The number of aromatic carboxylic acids is 1. The summed E-state index contributed by atoms with van der Waals surface area (Å²) in [5, 5.41) is 10.7. The normalized spacial score (nSPS) is 11.8. The molecule has 3 aromatic carbocycles. The second-order valence-corrected chi connectivity index (χ2v) is 12.4. The number of hydrogen-bond acceptors (Lipinski definition) is 6. The summed E-state index contributed by atoms with van der Waals surface area (Å²) in [4.78, 5) is 11.5. The van der Waals surface area contributed by atoms with Crippen molar-refractivity contribution in [1.82, 2.24) is 0 Å². The predicted octanol–water partition coefficient (Wildman–Crippen LogP) is 4.87. The summed E-state index contributed by atoms with van der Waals surface area (Å²) in [6.07, 6.45) is 0.806. The van der Waals surface area contributed by atoms with E-state index in [1.807, 2.05) is 0 Å². The number of carboxylic acid groups (broad SMARTS) is 1. The Morgan fingerprint density at radius 2 is 1.37 bits per heavy atom. The Morgan fingerprint density at radius 1 is 0.771 bits per heavy atom. The van der Waals surface area contributed by atoms with Crippen molar-refractivity contribution in [3.8, 4) is 0 Å². The highest BCUT2D eigenvalue weighted by Gasteiger charge is 2.24. The van der Waals surface area contributed by atoms with Gasteiger partial charge in [0.25, 0.3) is 10.0 Å². The molecule has 0 aliphatic rings. The first kappa shape index (κ1) is 24.6. The molecule has 4 rings (SSSR count). The number of sulfone groups is 1. The maximum absolute atomic E-state index is 13.1. The monoisotopic (exact) mass is 527 g/mol. The van der Waals surface area contributed by atoms with Crippen LogP contribution in [-0.4, -0.2) is 27.9 Å². The molecular weight excluding hydrogens is 506 g/mol. The third kappa shape index (κ3) is 5.45. The molecule has 0 saturated carbocycles. The van der Waals surface area contributed by atoms with Gasteiger partial charge in [-0.15, -0.1) is 11.3 Å². The number of sulfonamides is 1. The van der Waals surface area contributed by atoms with Crippen LogP contribution < -0.4 is 4.72 Å². The highest BCUT2D eigenvalue weighted by atomic mass is 32.2. The minimum atomic E-state index is -4.05. The van der Waals surface area contributed by atoms with Crippen LogP contribution in [0.2, 0.25) is 0 Å². The topological polar surface area (TPSA) is 118 Å². The van der Waals surface area contributed by atoms with Crippen molar-refractivity contribution >= 4 is 42.9 Å². The van der Waals surface area contributed by atoms with Crippen LogP contribution in [0.25, 0.3) is 0 Å². The summed E-state index contributed by atoms with van der Waals surface area (Å²) < 4.78 is 54.2. The highest BCUT2D eigenvalue weighted by Crippen LogP contribution is 2.30. The maximum Gasteiger partial charge on any atom is 0.335 e. The molecule has 1 heterocycles. The molecule has 0 saturated heterocycles. The quantitative estimate of drug-likeness (QED) is 0.321. The molecular formula is C25H21NO6S3. The zero-order valence-corrected chi connectivity index (χ0v) is 20.7. The molecule has 0 unspecified atom stereocenters. The Hall–Kier alpha value is -3.47. The number of rotatable bonds is 9. The number of nitrogens with one attached hydrogen (secondary N) is 1. The Bertz CT molecular complexity index is 1580. The third-order valence-electron chi connectivity index (χ3n) is 5.35. The number of hydrogen-bond donors (Lipinski definition) is 2. The van der Waals surface area contributed by atoms with Gasteiger partial charge in [-0.25, -0.2) is 21.6 Å². The first-order valence-corrected chi connectivity index (χ1v) is 14.3. The number of para-hydroxylation sites is 1. The van der Waals surface area contributed by atoms with E-state index in [9.17, 15) is 26.7 Å². The van der Waals surface area contributed by atoms with Crippen molar-refractivity contribution in [3.63, 3.8) is 0 Å². The molecule has 35 heavy (non-hydrogen) atoms. The lowest BCUT2D eigenvalue weighted by Gasteiger charge is -2.12. The standard InChI is InChI=1S/C25H21NO6S3/c27-25(28)22-12-6-4-8-18(22)14-15-19-9-5-7-13-23(19)26-35(31,32)24-16-21(17-33-24)34(29,30)20-10-2-1-3-11-20/h1-13,16-17,26H,14-15H2,(H,27,28). The van der Waals surface area contributed by atoms with Crippen molar-refractivity contribution in [1.29, 1.82) is 0 Å². The average Bonchev–Trinajstić information content (AvgIpc) is 3.37. The lowest BCUT2D eigenvalue weighted by atomic mass is 9.99. The fourth-order valence-electron chi connectivity index (χ4n) is 3.57. The van der Waals surface area contributed by atoms with E-state index in [0.29, 0.717) is 29.7 Å². The van der Waals surface area contributed by atoms with Gasteiger partial charge < -0.3 is 5.11 Å². The Balaban J connectivity index is 1.56. The third-order valence-corrected chi connectivity index (χ3v) is 10.1. The van der Waals surface area contributed by atoms with Gasteiger partial charge in [0, 0.05) is 5.38 Å². The molecule has 0 bridgehead atoms. The molecule has 0 amide bonds. The summed E-state index contributed by atoms with van der Waals surface area (Å²) in [6, 6.07) is 22.5.